The summed E-state index contributed by atoms with van der Waals surface area (Å²) in [6, 6.07) is 8.65. The summed E-state index contributed by atoms with van der Waals surface area (Å²) in [5, 5.41) is 0. The van der Waals surface area contributed by atoms with Crippen LogP contribution in [0.1, 0.15) is 25.8 Å². The minimum absolute atomic E-state index is 0.268. The molecule has 0 saturated carbocycles. The summed E-state index contributed by atoms with van der Waals surface area (Å²) in [6.07, 6.45) is 1.47. The lowest BCUT2D eigenvalue weighted by Crippen LogP contribution is -2.43. The third kappa shape index (κ3) is 5.70. The highest BCUT2D eigenvalue weighted by atomic mass is 28.4. The van der Waals surface area contributed by atoms with Crippen LogP contribution in [0.4, 0.5) is 0 Å². The molecule has 0 amide bonds. The number of hydrogen-bond donors (Lipinski definition) is 0. The van der Waals surface area contributed by atoms with Crippen LogP contribution in [0.5, 0.6) is 5.75 Å². The molecule has 0 aliphatic rings. The summed E-state index contributed by atoms with van der Waals surface area (Å²) in [5.41, 5.74) is 1.09. The van der Waals surface area contributed by atoms with Crippen molar-refractivity contribution in [3.8, 4) is 5.75 Å². The summed E-state index contributed by atoms with van der Waals surface area (Å²) in [5.74, 6) is 0.831. The van der Waals surface area contributed by atoms with Crippen molar-refractivity contribution in [2.45, 2.75) is 39.0 Å². The second kappa shape index (κ2) is 9.97. The molecule has 0 radical (unpaired) electrons. The molecule has 0 spiro atoms. The van der Waals surface area contributed by atoms with Gasteiger partial charge in [0.15, 0.2) is 6.29 Å². The Bertz CT molecular complexity index is 414. The van der Waals surface area contributed by atoms with Crippen molar-refractivity contribution in [2.75, 3.05) is 27.9 Å². The predicted octanol–water partition coefficient (Wildman–Crippen LogP) is 3.26. The van der Waals surface area contributed by atoms with Crippen molar-refractivity contribution >= 4 is 8.80 Å². The fourth-order valence-corrected chi connectivity index (χ4v) is 3.85. The first kappa shape index (κ1) is 19.1. The van der Waals surface area contributed by atoms with E-state index < -0.39 is 8.80 Å². The molecule has 1 aromatic carbocycles. The van der Waals surface area contributed by atoms with E-state index in [1.807, 2.05) is 31.2 Å². The predicted molar refractivity (Wildman–Crippen MR) is 88.1 cm³/mol. The van der Waals surface area contributed by atoms with Crippen molar-refractivity contribution in [3.05, 3.63) is 29.8 Å². The fourth-order valence-electron chi connectivity index (χ4n) is 2.17. The van der Waals surface area contributed by atoms with Gasteiger partial charge in [0.25, 0.3) is 0 Å². The Morgan fingerprint density at radius 3 is 2.27 bits per heavy atom. The van der Waals surface area contributed by atoms with Crippen LogP contribution >= 0.6 is 0 Å². The second-order valence-corrected chi connectivity index (χ2v) is 8.05. The zero-order chi connectivity index (χ0) is 16.4. The van der Waals surface area contributed by atoms with Gasteiger partial charge in [-0.1, -0.05) is 25.1 Å². The lowest BCUT2D eigenvalue weighted by Gasteiger charge is -2.25. The molecule has 1 rings (SSSR count). The zero-order valence-corrected chi connectivity index (χ0v) is 15.3. The van der Waals surface area contributed by atoms with E-state index in [1.165, 1.54) is 0 Å². The monoisotopic (exact) mass is 328 g/mol. The van der Waals surface area contributed by atoms with Crippen LogP contribution in [0.2, 0.25) is 6.04 Å². The fraction of sp³-hybridized carbons (Fsp3) is 0.625. The largest absolute Gasteiger partial charge is 0.500 e. The molecule has 1 aromatic rings. The van der Waals surface area contributed by atoms with Crippen LogP contribution in [-0.4, -0.2) is 43.0 Å². The minimum Gasteiger partial charge on any atom is -0.465 e. The average molecular weight is 328 g/mol. The molecule has 0 bridgehead atoms. The average Bonchev–Trinajstić information content (AvgIpc) is 2.56. The first-order valence-electron chi connectivity index (χ1n) is 7.62. The highest BCUT2D eigenvalue weighted by Gasteiger charge is 2.37. The van der Waals surface area contributed by atoms with Gasteiger partial charge in [0.2, 0.25) is 0 Å². The third-order valence-corrected chi connectivity index (χ3v) is 6.18. The van der Waals surface area contributed by atoms with E-state index in [0.29, 0.717) is 12.7 Å². The summed E-state index contributed by atoms with van der Waals surface area (Å²) in [7, 11) is 2.31. The first-order valence-corrected chi connectivity index (χ1v) is 9.55. The lowest BCUT2D eigenvalue weighted by molar-refractivity contribution is -0.0667. The molecule has 1 unspecified atom stereocenters. The van der Waals surface area contributed by atoms with E-state index >= 15 is 0 Å². The van der Waals surface area contributed by atoms with E-state index in [1.54, 1.807) is 21.3 Å². The van der Waals surface area contributed by atoms with Crippen LogP contribution in [0.25, 0.3) is 0 Å². The molecule has 1 atom stereocenters. The molecular formula is C16H28O5Si. The van der Waals surface area contributed by atoms with Gasteiger partial charge in [-0.05, 0) is 31.4 Å². The van der Waals surface area contributed by atoms with Crippen molar-refractivity contribution in [1.29, 1.82) is 0 Å². The number of benzene rings is 1. The van der Waals surface area contributed by atoms with Crippen molar-refractivity contribution in [3.63, 3.8) is 0 Å². The molecule has 6 heteroatoms. The Morgan fingerprint density at radius 1 is 1.05 bits per heavy atom. The maximum absolute atomic E-state index is 5.88. The van der Waals surface area contributed by atoms with E-state index in [2.05, 4.69) is 6.92 Å². The highest BCUT2D eigenvalue weighted by Crippen LogP contribution is 2.24. The maximum atomic E-state index is 5.88. The summed E-state index contributed by atoms with van der Waals surface area (Å²) >= 11 is 0. The van der Waals surface area contributed by atoms with E-state index in [-0.39, 0.29) is 6.29 Å². The first-order chi connectivity index (χ1) is 10.6. The molecule has 0 aliphatic carbocycles. The van der Waals surface area contributed by atoms with Gasteiger partial charge in [0.05, 0.1) is 6.61 Å². The SMILES string of the molecule is CCCOC(C)Oc1ccccc1CC[Si](OC)(OC)OC. The molecule has 0 aliphatic heterocycles. The van der Waals surface area contributed by atoms with Gasteiger partial charge in [0.1, 0.15) is 5.75 Å². The van der Waals surface area contributed by atoms with Gasteiger partial charge < -0.3 is 22.8 Å². The molecule has 0 fully saturated rings. The molecule has 0 aromatic heterocycles. The van der Waals surface area contributed by atoms with Crippen molar-refractivity contribution in [2.24, 2.45) is 0 Å². The van der Waals surface area contributed by atoms with Crippen molar-refractivity contribution < 1.29 is 22.8 Å². The summed E-state index contributed by atoms with van der Waals surface area (Å²) in [4.78, 5) is 0. The minimum atomic E-state index is -2.57. The van der Waals surface area contributed by atoms with Crippen LogP contribution < -0.4 is 4.74 Å². The molecule has 126 valence electrons. The topological polar surface area (TPSA) is 46.2 Å². The van der Waals surface area contributed by atoms with Crippen LogP contribution in [0.3, 0.4) is 0 Å². The molecular weight excluding hydrogens is 300 g/mol. The smallest absolute Gasteiger partial charge is 0.465 e. The van der Waals surface area contributed by atoms with Gasteiger partial charge in [-0.15, -0.1) is 0 Å². The second-order valence-electron chi connectivity index (χ2n) is 4.96. The van der Waals surface area contributed by atoms with E-state index in [0.717, 1.165) is 24.2 Å². The van der Waals surface area contributed by atoms with Gasteiger partial charge in [-0.3, -0.25) is 0 Å². The van der Waals surface area contributed by atoms with Crippen LogP contribution in [0, 0.1) is 0 Å². The Morgan fingerprint density at radius 2 is 1.68 bits per heavy atom. The Balaban J connectivity index is 2.71. The van der Waals surface area contributed by atoms with Gasteiger partial charge in [-0.25, -0.2) is 0 Å². The Hall–Kier alpha value is -0.923. The molecule has 0 heterocycles. The van der Waals surface area contributed by atoms with Crippen LogP contribution in [-0.2, 0) is 24.4 Å². The molecule has 5 nitrogen and oxygen atoms in total. The zero-order valence-electron chi connectivity index (χ0n) is 14.3. The third-order valence-electron chi connectivity index (χ3n) is 3.46. The van der Waals surface area contributed by atoms with Gasteiger partial charge >= 0.3 is 8.80 Å². The lowest BCUT2D eigenvalue weighted by atomic mass is 10.1. The number of rotatable bonds is 11. The number of ether oxygens (including phenoxy) is 2. The van der Waals surface area contributed by atoms with Gasteiger partial charge in [0, 0.05) is 27.4 Å². The number of para-hydroxylation sites is 1. The summed E-state index contributed by atoms with van der Waals surface area (Å²) < 4.78 is 27.8. The van der Waals surface area contributed by atoms with E-state index in [9.17, 15) is 0 Å². The highest BCUT2D eigenvalue weighted by molar-refractivity contribution is 6.60. The quantitative estimate of drug-likeness (QED) is 0.461. The van der Waals surface area contributed by atoms with E-state index in [4.69, 9.17) is 22.8 Å². The van der Waals surface area contributed by atoms with Crippen molar-refractivity contribution in [1.82, 2.24) is 0 Å². The molecule has 0 N–H and O–H groups in total. The Labute approximate surface area is 134 Å². The number of aryl methyl sites for hydroxylation is 1. The normalized spacial score (nSPS) is 13.1. The maximum Gasteiger partial charge on any atom is 0.500 e. The van der Waals surface area contributed by atoms with Crippen LogP contribution in [0.15, 0.2) is 24.3 Å². The van der Waals surface area contributed by atoms with Gasteiger partial charge in [-0.2, -0.15) is 0 Å². The Kier molecular flexibility index (Phi) is 8.66. The molecule has 22 heavy (non-hydrogen) atoms. The number of hydrogen-bond acceptors (Lipinski definition) is 5. The standard InChI is InChI=1S/C16H28O5Si/c1-6-12-20-14(2)21-16-10-8-7-9-15(16)11-13-22(17-3,18-4)19-5/h7-10,14H,6,11-13H2,1-5H3. The summed E-state index contributed by atoms with van der Waals surface area (Å²) in [6.45, 7) is 4.67. The molecule has 0 saturated heterocycles.